The molecule has 0 aliphatic heterocycles. The highest BCUT2D eigenvalue weighted by Gasteiger charge is 2.38. The van der Waals surface area contributed by atoms with Gasteiger partial charge in [0.2, 0.25) is 0 Å². The summed E-state index contributed by atoms with van der Waals surface area (Å²) in [5.41, 5.74) is 20.1. The van der Waals surface area contributed by atoms with E-state index in [-0.39, 0.29) is 10.8 Å². The molecule has 13 rings (SSSR count). The molecule has 0 amide bonds. The molecular weight excluding hydrogens is 775 g/mol. The highest BCUT2D eigenvalue weighted by molar-refractivity contribution is 6.16. The van der Waals surface area contributed by atoms with Crippen molar-refractivity contribution >= 4 is 60.5 Å². The normalized spacial score (nSPS) is 14.2. The molecule has 10 aromatic carbocycles. The van der Waals surface area contributed by atoms with Crippen molar-refractivity contribution in [2.45, 2.75) is 38.5 Å². The summed E-state index contributed by atoms with van der Waals surface area (Å²) in [6.45, 7) is 9.50. The maximum atomic E-state index is 6.64. The molecule has 0 bridgehead atoms. The predicted octanol–water partition coefficient (Wildman–Crippen LogP) is 17.3. The van der Waals surface area contributed by atoms with Crippen molar-refractivity contribution in [3.05, 3.63) is 222 Å². The molecule has 11 aromatic rings. The molecule has 2 aliphatic carbocycles. The van der Waals surface area contributed by atoms with Crippen LogP contribution in [0.1, 0.15) is 49.9 Å². The van der Waals surface area contributed by atoms with E-state index < -0.39 is 0 Å². The van der Waals surface area contributed by atoms with Crippen LogP contribution < -0.4 is 4.90 Å². The van der Waals surface area contributed by atoms with E-state index in [4.69, 9.17) is 4.42 Å². The first-order valence-electron chi connectivity index (χ1n) is 22.5. The Kier molecular flexibility index (Phi) is 7.74. The number of hydrogen-bond donors (Lipinski definition) is 0. The first-order chi connectivity index (χ1) is 31.3. The van der Waals surface area contributed by atoms with Crippen molar-refractivity contribution in [3.63, 3.8) is 0 Å². The molecule has 2 aliphatic rings. The Labute approximate surface area is 373 Å². The van der Waals surface area contributed by atoms with Crippen LogP contribution in [-0.4, -0.2) is 0 Å². The second-order valence-corrected chi connectivity index (χ2v) is 18.8. The molecule has 0 saturated carbocycles. The number of rotatable bonds is 5. The van der Waals surface area contributed by atoms with Crippen molar-refractivity contribution in [1.82, 2.24) is 0 Å². The lowest BCUT2D eigenvalue weighted by Gasteiger charge is -2.31. The number of fused-ring (bicyclic) bond motifs is 12. The Morgan fingerprint density at radius 2 is 0.891 bits per heavy atom. The zero-order valence-corrected chi connectivity index (χ0v) is 36.4. The predicted molar refractivity (Wildman–Crippen MR) is 269 cm³/mol. The lowest BCUT2D eigenvalue weighted by Crippen LogP contribution is -2.17. The molecule has 304 valence electrons. The number of anilines is 3. The number of hydrogen-bond acceptors (Lipinski definition) is 2. The molecule has 2 heteroatoms. The van der Waals surface area contributed by atoms with Crippen LogP contribution in [0.4, 0.5) is 17.1 Å². The van der Waals surface area contributed by atoms with Gasteiger partial charge in [0.25, 0.3) is 0 Å². The summed E-state index contributed by atoms with van der Waals surface area (Å²) < 4.78 is 6.64. The van der Waals surface area contributed by atoms with Gasteiger partial charge in [-0.15, -0.1) is 0 Å². The Morgan fingerprint density at radius 3 is 1.66 bits per heavy atom. The molecule has 0 atom stereocenters. The number of para-hydroxylation sites is 1. The molecule has 1 heterocycles. The van der Waals surface area contributed by atoms with Crippen LogP contribution in [0, 0.1) is 0 Å². The standard InChI is InChI=1S/C62H45NO/c1-61(2)53-24-12-9-20-45(53)47-31-28-39(35-55(47)61)60-51(52-34-38-16-5-6-17-42(38)43-18-7-8-19-44(43)52)23-15-26-57(60)63(41-30-33-50-49-22-11-14-27-58(49)64-59(50)37-41)40-29-32-48-46-21-10-13-25-54(46)62(3,4)56(48)36-40/h5-37H,1-4H3. The largest absolute Gasteiger partial charge is 0.456 e. The SMILES string of the molecule is CC1(C)c2ccccc2-c2ccc(-c3c(-c4cc5ccccc5c5ccccc45)cccc3N(c3ccc4c(c3)C(C)(C)c3ccccc3-4)c3ccc4c(c3)oc3ccccc34)cc21. The zero-order valence-electron chi connectivity index (χ0n) is 36.4. The molecule has 0 fully saturated rings. The molecule has 0 N–H and O–H groups in total. The minimum atomic E-state index is -0.175. The van der Waals surface area contributed by atoms with Crippen LogP contribution in [-0.2, 0) is 10.8 Å². The van der Waals surface area contributed by atoms with E-state index in [0.29, 0.717) is 0 Å². The lowest BCUT2D eigenvalue weighted by atomic mass is 9.80. The second-order valence-electron chi connectivity index (χ2n) is 18.8. The van der Waals surface area contributed by atoms with Gasteiger partial charge in [-0.3, -0.25) is 0 Å². The van der Waals surface area contributed by atoms with Gasteiger partial charge in [0.1, 0.15) is 11.2 Å². The van der Waals surface area contributed by atoms with Gasteiger partial charge in [0, 0.05) is 44.6 Å². The topological polar surface area (TPSA) is 16.4 Å². The van der Waals surface area contributed by atoms with Gasteiger partial charge < -0.3 is 9.32 Å². The number of nitrogens with zero attached hydrogens (tertiary/aromatic N) is 1. The smallest absolute Gasteiger partial charge is 0.137 e. The zero-order chi connectivity index (χ0) is 42.9. The third kappa shape index (κ3) is 5.20. The molecular formula is C62H45NO. The van der Waals surface area contributed by atoms with Crippen LogP contribution >= 0.6 is 0 Å². The van der Waals surface area contributed by atoms with Gasteiger partial charge in [-0.25, -0.2) is 0 Å². The van der Waals surface area contributed by atoms with Crippen LogP contribution in [0.5, 0.6) is 0 Å². The quantitative estimate of drug-likeness (QED) is 0.161. The van der Waals surface area contributed by atoms with Gasteiger partial charge in [0.15, 0.2) is 0 Å². The highest BCUT2D eigenvalue weighted by Crippen LogP contribution is 2.55. The second kappa shape index (κ2) is 13.4. The number of benzene rings is 10. The van der Waals surface area contributed by atoms with Crippen molar-refractivity contribution < 1.29 is 4.42 Å². The van der Waals surface area contributed by atoms with E-state index >= 15 is 0 Å². The van der Waals surface area contributed by atoms with E-state index in [1.54, 1.807) is 0 Å². The molecule has 0 spiro atoms. The Bertz CT molecular complexity index is 3750. The Balaban J connectivity index is 1.13. The lowest BCUT2D eigenvalue weighted by molar-refractivity contribution is 0.660. The van der Waals surface area contributed by atoms with Crippen molar-refractivity contribution in [1.29, 1.82) is 0 Å². The molecule has 0 radical (unpaired) electrons. The van der Waals surface area contributed by atoms with Crippen LogP contribution in [0.2, 0.25) is 0 Å². The minimum absolute atomic E-state index is 0.167. The van der Waals surface area contributed by atoms with Crippen LogP contribution in [0.25, 0.3) is 88.0 Å². The maximum absolute atomic E-state index is 6.64. The van der Waals surface area contributed by atoms with Gasteiger partial charge >= 0.3 is 0 Å². The van der Waals surface area contributed by atoms with Crippen molar-refractivity contribution in [3.8, 4) is 44.5 Å². The summed E-state index contributed by atoms with van der Waals surface area (Å²) in [7, 11) is 0. The molecule has 64 heavy (non-hydrogen) atoms. The molecule has 1 aromatic heterocycles. The summed E-state index contributed by atoms with van der Waals surface area (Å²) in [6.07, 6.45) is 0. The summed E-state index contributed by atoms with van der Waals surface area (Å²) in [5.74, 6) is 0. The van der Waals surface area contributed by atoms with E-state index in [1.165, 1.54) is 88.3 Å². The number of furan rings is 1. The van der Waals surface area contributed by atoms with E-state index in [1.807, 2.05) is 6.07 Å². The molecule has 0 unspecified atom stereocenters. The van der Waals surface area contributed by atoms with Gasteiger partial charge in [-0.2, -0.15) is 0 Å². The first kappa shape index (κ1) is 36.9. The first-order valence-corrected chi connectivity index (χ1v) is 22.5. The fraction of sp³-hybridized carbons (Fsp3) is 0.0968. The Morgan fingerprint density at radius 1 is 0.344 bits per heavy atom. The monoisotopic (exact) mass is 819 g/mol. The fourth-order valence-electron chi connectivity index (χ4n) is 11.5. The summed E-state index contributed by atoms with van der Waals surface area (Å²) in [4.78, 5) is 2.49. The third-order valence-corrected chi connectivity index (χ3v) is 14.7. The van der Waals surface area contributed by atoms with Crippen LogP contribution in [0.15, 0.2) is 205 Å². The Hall–Kier alpha value is -7.68. The van der Waals surface area contributed by atoms with Crippen LogP contribution in [0.3, 0.4) is 0 Å². The van der Waals surface area contributed by atoms with E-state index in [0.717, 1.165) is 39.0 Å². The van der Waals surface area contributed by atoms with Gasteiger partial charge in [-0.05, 0) is 131 Å². The minimum Gasteiger partial charge on any atom is -0.456 e. The third-order valence-electron chi connectivity index (χ3n) is 14.7. The van der Waals surface area contributed by atoms with E-state index in [2.05, 4.69) is 227 Å². The summed E-state index contributed by atoms with van der Waals surface area (Å²) in [5, 5.41) is 7.22. The fourth-order valence-corrected chi connectivity index (χ4v) is 11.5. The average Bonchev–Trinajstić information content (AvgIpc) is 3.90. The maximum Gasteiger partial charge on any atom is 0.137 e. The summed E-state index contributed by atoms with van der Waals surface area (Å²) in [6, 6.07) is 74.4. The molecule has 0 saturated heterocycles. The van der Waals surface area contributed by atoms with E-state index in [9.17, 15) is 0 Å². The highest BCUT2D eigenvalue weighted by atomic mass is 16.3. The molecule has 2 nitrogen and oxygen atoms in total. The average molecular weight is 820 g/mol. The van der Waals surface area contributed by atoms with Crippen molar-refractivity contribution in [2.24, 2.45) is 0 Å². The summed E-state index contributed by atoms with van der Waals surface area (Å²) >= 11 is 0. The van der Waals surface area contributed by atoms with Gasteiger partial charge in [0.05, 0.1) is 5.69 Å². The van der Waals surface area contributed by atoms with Gasteiger partial charge in [-0.1, -0.05) is 173 Å². The van der Waals surface area contributed by atoms with Crippen molar-refractivity contribution in [2.75, 3.05) is 4.90 Å².